The second-order valence-electron chi connectivity index (χ2n) is 7.06. The number of carbonyl (C=O) groups is 1. The van der Waals surface area contributed by atoms with E-state index >= 15 is 0 Å². The van der Waals surface area contributed by atoms with Crippen LogP contribution in [-0.4, -0.2) is 36.8 Å². The van der Waals surface area contributed by atoms with Crippen LogP contribution >= 0.6 is 15.9 Å². The third kappa shape index (κ3) is 4.63. The summed E-state index contributed by atoms with van der Waals surface area (Å²) in [5.74, 6) is -0.421. The minimum atomic E-state index is -0.421. The fourth-order valence-corrected chi connectivity index (χ4v) is 3.85. The van der Waals surface area contributed by atoms with Gasteiger partial charge in [-0.15, -0.1) is 0 Å². The zero-order valence-electron chi connectivity index (χ0n) is 16.4. The molecule has 1 aliphatic heterocycles. The van der Waals surface area contributed by atoms with Crippen LogP contribution in [0.25, 0.3) is 0 Å². The average Bonchev–Trinajstić information content (AvgIpc) is 2.76. The van der Waals surface area contributed by atoms with Gasteiger partial charge in [0.2, 0.25) is 0 Å². The van der Waals surface area contributed by atoms with E-state index in [1.807, 2.05) is 48.5 Å². The Hall–Kier alpha value is -2.90. The molecule has 1 N–H and O–H groups in total. The van der Waals surface area contributed by atoms with E-state index in [2.05, 4.69) is 26.1 Å². The normalized spacial score (nSPS) is 13.8. The molecule has 1 aliphatic rings. The number of nitrogens with one attached hydrogen (secondary N) is 1. The summed E-state index contributed by atoms with van der Waals surface area (Å²) in [4.78, 5) is 28.1. The molecule has 1 aromatic heterocycles. The quantitative estimate of drug-likeness (QED) is 0.620. The maximum absolute atomic E-state index is 13.0. The summed E-state index contributed by atoms with van der Waals surface area (Å²) in [6.07, 6.45) is 1.70. The first-order valence-electron chi connectivity index (χ1n) is 9.79. The molecule has 0 aliphatic carbocycles. The van der Waals surface area contributed by atoms with E-state index in [1.54, 1.807) is 22.9 Å². The van der Waals surface area contributed by atoms with Crippen molar-refractivity contribution in [3.63, 3.8) is 0 Å². The van der Waals surface area contributed by atoms with Gasteiger partial charge in [0.25, 0.3) is 11.5 Å². The largest absolute Gasteiger partial charge is 0.378 e. The lowest BCUT2D eigenvalue weighted by atomic mass is 10.2. The van der Waals surface area contributed by atoms with Gasteiger partial charge in [-0.05, 0) is 35.9 Å². The number of hydrogen-bond acceptors (Lipinski definition) is 4. The monoisotopic (exact) mass is 467 g/mol. The highest BCUT2D eigenvalue weighted by molar-refractivity contribution is 9.10. The number of aromatic nitrogens is 1. The van der Waals surface area contributed by atoms with Crippen molar-refractivity contribution >= 4 is 33.2 Å². The highest BCUT2D eigenvalue weighted by Gasteiger charge is 2.19. The number of benzene rings is 2. The lowest BCUT2D eigenvalue weighted by molar-refractivity contribution is 0.102. The zero-order valence-corrected chi connectivity index (χ0v) is 18.0. The number of ether oxygens (including phenoxy) is 1. The van der Waals surface area contributed by atoms with Crippen LogP contribution in [0.2, 0.25) is 0 Å². The molecule has 154 valence electrons. The van der Waals surface area contributed by atoms with Gasteiger partial charge in [-0.25, -0.2) is 0 Å². The number of hydrogen-bond donors (Lipinski definition) is 1. The predicted molar refractivity (Wildman–Crippen MR) is 121 cm³/mol. The van der Waals surface area contributed by atoms with Crippen LogP contribution in [-0.2, 0) is 11.3 Å². The molecule has 3 aromatic rings. The first-order chi connectivity index (χ1) is 14.6. The van der Waals surface area contributed by atoms with Crippen molar-refractivity contribution in [2.75, 3.05) is 36.5 Å². The molecule has 0 radical (unpaired) electrons. The minimum Gasteiger partial charge on any atom is -0.378 e. The van der Waals surface area contributed by atoms with Gasteiger partial charge in [0, 0.05) is 23.8 Å². The van der Waals surface area contributed by atoms with Crippen LogP contribution in [0.15, 0.2) is 76.1 Å². The van der Waals surface area contributed by atoms with Crippen molar-refractivity contribution in [1.29, 1.82) is 0 Å². The summed E-state index contributed by atoms with van der Waals surface area (Å²) in [7, 11) is 0. The SMILES string of the molecule is O=C(Nc1cc(Br)ccc1N1CCOCC1)c1cccn(Cc2ccccc2)c1=O. The molecule has 2 aromatic carbocycles. The highest BCUT2D eigenvalue weighted by Crippen LogP contribution is 2.30. The molecule has 0 unspecified atom stereocenters. The Kier molecular flexibility index (Phi) is 6.30. The summed E-state index contributed by atoms with van der Waals surface area (Å²) < 4.78 is 7.83. The van der Waals surface area contributed by atoms with Crippen molar-refractivity contribution in [1.82, 2.24) is 4.57 Å². The van der Waals surface area contributed by atoms with Crippen LogP contribution in [0.5, 0.6) is 0 Å². The van der Waals surface area contributed by atoms with Gasteiger partial charge in [0.05, 0.1) is 31.1 Å². The maximum atomic E-state index is 13.0. The number of nitrogens with zero attached hydrogens (tertiary/aromatic N) is 2. The molecule has 2 heterocycles. The minimum absolute atomic E-state index is 0.112. The lowest BCUT2D eigenvalue weighted by Gasteiger charge is -2.30. The maximum Gasteiger partial charge on any atom is 0.263 e. The van der Waals surface area contributed by atoms with Crippen LogP contribution in [0.3, 0.4) is 0 Å². The number of rotatable bonds is 5. The van der Waals surface area contributed by atoms with Gasteiger partial charge >= 0.3 is 0 Å². The third-order valence-electron chi connectivity index (χ3n) is 5.02. The number of halogens is 1. The Bertz CT molecular complexity index is 1090. The number of anilines is 2. The first kappa shape index (κ1) is 20.4. The molecule has 0 atom stereocenters. The Morgan fingerprint density at radius 2 is 1.80 bits per heavy atom. The number of pyridine rings is 1. The Labute approximate surface area is 183 Å². The summed E-state index contributed by atoms with van der Waals surface area (Å²) >= 11 is 3.47. The number of carbonyl (C=O) groups excluding carboxylic acids is 1. The van der Waals surface area contributed by atoms with Gasteiger partial charge in [-0.1, -0.05) is 46.3 Å². The Balaban J connectivity index is 1.59. The molecule has 1 saturated heterocycles. The molecule has 7 heteroatoms. The smallest absolute Gasteiger partial charge is 0.263 e. The fourth-order valence-electron chi connectivity index (χ4n) is 3.49. The van der Waals surface area contributed by atoms with E-state index < -0.39 is 5.91 Å². The van der Waals surface area contributed by atoms with Crippen molar-refractivity contribution in [2.45, 2.75) is 6.54 Å². The van der Waals surface area contributed by atoms with E-state index in [1.165, 1.54) is 0 Å². The molecule has 6 nitrogen and oxygen atoms in total. The predicted octanol–water partition coefficient (Wildman–Crippen LogP) is 3.75. The van der Waals surface area contributed by atoms with E-state index in [0.29, 0.717) is 25.4 Å². The van der Waals surface area contributed by atoms with Crippen molar-refractivity contribution in [2.24, 2.45) is 0 Å². The molecule has 30 heavy (non-hydrogen) atoms. The fraction of sp³-hybridized carbons (Fsp3) is 0.217. The Morgan fingerprint density at radius 3 is 2.57 bits per heavy atom. The van der Waals surface area contributed by atoms with Crippen molar-refractivity contribution in [3.05, 3.63) is 92.8 Å². The van der Waals surface area contributed by atoms with Gasteiger partial charge in [-0.3, -0.25) is 9.59 Å². The van der Waals surface area contributed by atoms with Crippen molar-refractivity contribution < 1.29 is 9.53 Å². The van der Waals surface area contributed by atoms with Crippen LogP contribution in [0, 0.1) is 0 Å². The molecule has 0 saturated carbocycles. The lowest BCUT2D eigenvalue weighted by Crippen LogP contribution is -2.37. The molecule has 0 spiro atoms. The van der Waals surface area contributed by atoms with Crippen LogP contribution in [0.1, 0.15) is 15.9 Å². The van der Waals surface area contributed by atoms with Crippen LogP contribution in [0.4, 0.5) is 11.4 Å². The second-order valence-corrected chi connectivity index (χ2v) is 7.97. The summed E-state index contributed by atoms with van der Waals surface area (Å²) in [5, 5.41) is 2.93. The summed E-state index contributed by atoms with van der Waals surface area (Å²) in [6, 6.07) is 18.7. The van der Waals surface area contributed by atoms with Gasteiger partial charge in [-0.2, -0.15) is 0 Å². The van der Waals surface area contributed by atoms with E-state index in [-0.39, 0.29) is 11.1 Å². The molecule has 1 amide bonds. The molecular formula is C23H22BrN3O3. The number of amides is 1. The van der Waals surface area contributed by atoms with E-state index in [9.17, 15) is 9.59 Å². The third-order valence-corrected chi connectivity index (χ3v) is 5.51. The standard InChI is InChI=1S/C23H22BrN3O3/c24-18-8-9-21(26-11-13-30-14-12-26)20(15-18)25-22(28)19-7-4-10-27(23(19)29)16-17-5-2-1-3-6-17/h1-10,15H,11-14,16H2,(H,25,28). The molecule has 4 rings (SSSR count). The second kappa shape index (κ2) is 9.28. The first-order valence-corrected chi connectivity index (χ1v) is 10.6. The van der Waals surface area contributed by atoms with Gasteiger partial charge < -0.3 is 19.5 Å². The van der Waals surface area contributed by atoms with E-state index in [4.69, 9.17) is 4.74 Å². The highest BCUT2D eigenvalue weighted by atomic mass is 79.9. The number of morpholine rings is 1. The summed E-state index contributed by atoms with van der Waals surface area (Å²) in [5.41, 5.74) is 2.37. The zero-order chi connectivity index (χ0) is 20.9. The summed E-state index contributed by atoms with van der Waals surface area (Å²) in [6.45, 7) is 3.20. The topological polar surface area (TPSA) is 63.6 Å². The molecule has 1 fully saturated rings. The molecular weight excluding hydrogens is 446 g/mol. The van der Waals surface area contributed by atoms with Crippen molar-refractivity contribution in [3.8, 4) is 0 Å². The van der Waals surface area contributed by atoms with Crippen LogP contribution < -0.4 is 15.8 Å². The van der Waals surface area contributed by atoms with Gasteiger partial charge in [0.15, 0.2) is 0 Å². The Morgan fingerprint density at radius 1 is 1.03 bits per heavy atom. The molecule has 0 bridgehead atoms. The van der Waals surface area contributed by atoms with E-state index in [0.717, 1.165) is 28.8 Å². The average molecular weight is 468 g/mol. The van der Waals surface area contributed by atoms with Gasteiger partial charge in [0.1, 0.15) is 5.56 Å².